The highest BCUT2D eigenvalue weighted by Gasteiger charge is 2.26. The van der Waals surface area contributed by atoms with Crippen molar-refractivity contribution in [3.05, 3.63) is 58.7 Å². The Hall–Kier alpha value is -1.70. The van der Waals surface area contributed by atoms with E-state index in [1.807, 2.05) is 13.3 Å². The largest absolute Gasteiger partial charge is 0.467 e. The lowest BCUT2D eigenvalue weighted by atomic mass is 9.98. The zero-order chi connectivity index (χ0) is 18.4. The number of methoxy groups -OCH3 is 1. The molecule has 0 aliphatic heterocycles. The molecule has 1 atom stereocenters. The van der Waals surface area contributed by atoms with Crippen molar-refractivity contribution >= 4 is 20.1 Å². The monoisotopic (exact) mass is 357 g/mol. The third-order valence-corrected chi connectivity index (χ3v) is 5.75. The van der Waals surface area contributed by atoms with Gasteiger partial charge >= 0.3 is 0 Å². The van der Waals surface area contributed by atoms with Crippen LogP contribution in [0.5, 0.6) is 5.75 Å². The van der Waals surface area contributed by atoms with Crippen LogP contribution >= 0.6 is 8.58 Å². The highest BCUT2D eigenvalue weighted by molar-refractivity contribution is 7.48. The molecule has 0 saturated heterocycles. The molecule has 0 aliphatic rings. The molecule has 0 spiro atoms. The zero-order valence-electron chi connectivity index (χ0n) is 16.0. The SMILES string of the molecule is C/N=C/c1cc(C)ccc1PC(C)(C)c1cccc(C)c1OCOC. The molecule has 25 heavy (non-hydrogen) atoms. The fraction of sp³-hybridized carbons (Fsp3) is 0.381. The van der Waals surface area contributed by atoms with E-state index in [2.05, 4.69) is 69.1 Å². The van der Waals surface area contributed by atoms with Gasteiger partial charge in [0.15, 0.2) is 6.79 Å². The van der Waals surface area contributed by atoms with Gasteiger partial charge in [0.25, 0.3) is 0 Å². The van der Waals surface area contributed by atoms with E-state index < -0.39 is 0 Å². The molecular weight excluding hydrogens is 329 g/mol. The number of nitrogens with zero attached hydrogens (tertiary/aromatic N) is 1. The van der Waals surface area contributed by atoms with Gasteiger partial charge in [-0.3, -0.25) is 4.99 Å². The molecule has 0 amide bonds. The average molecular weight is 357 g/mol. The van der Waals surface area contributed by atoms with Crippen LogP contribution < -0.4 is 10.0 Å². The summed E-state index contributed by atoms with van der Waals surface area (Å²) in [6.45, 7) is 8.99. The fourth-order valence-electron chi connectivity index (χ4n) is 2.90. The summed E-state index contributed by atoms with van der Waals surface area (Å²) in [6.07, 6.45) is 1.95. The lowest BCUT2D eigenvalue weighted by molar-refractivity contribution is 0.0496. The second kappa shape index (κ2) is 8.60. The molecule has 0 radical (unpaired) electrons. The maximum absolute atomic E-state index is 5.89. The molecule has 0 aromatic heterocycles. The summed E-state index contributed by atoms with van der Waals surface area (Å²) in [7, 11) is 4.06. The Morgan fingerprint density at radius 1 is 1.16 bits per heavy atom. The highest BCUT2D eigenvalue weighted by atomic mass is 31.1. The van der Waals surface area contributed by atoms with Gasteiger partial charge in [0.2, 0.25) is 0 Å². The van der Waals surface area contributed by atoms with Crippen molar-refractivity contribution in [2.45, 2.75) is 32.9 Å². The molecule has 0 fully saturated rings. The number of hydrogen-bond acceptors (Lipinski definition) is 3. The molecular formula is C21H28NO2P. The minimum atomic E-state index is -0.0549. The van der Waals surface area contributed by atoms with E-state index in [9.17, 15) is 0 Å². The van der Waals surface area contributed by atoms with E-state index >= 15 is 0 Å². The van der Waals surface area contributed by atoms with Crippen LogP contribution in [0, 0.1) is 13.8 Å². The van der Waals surface area contributed by atoms with Gasteiger partial charge in [-0.05, 0) is 36.3 Å². The van der Waals surface area contributed by atoms with Gasteiger partial charge in [-0.25, -0.2) is 0 Å². The predicted octanol–water partition coefficient (Wildman–Crippen LogP) is 4.57. The summed E-state index contributed by atoms with van der Waals surface area (Å²) in [4.78, 5) is 4.22. The fourth-order valence-corrected chi connectivity index (χ4v) is 4.35. The van der Waals surface area contributed by atoms with Crippen LogP contribution in [0.1, 0.15) is 36.1 Å². The average Bonchev–Trinajstić information content (AvgIpc) is 2.56. The summed E-state index contributed by atoms with van der Waals surface area (Å²) in [5.41, 5.74) is 4.79. The number of benzene rings is 2. The zero-order valence-corrected chi connectivity index (χ0v) is 17.0. The summed E-state index contributed by atoms with van der Waals surface area (Å²) in [6, 6.07) is 12.9. The first-order valence-electron chi connectivity index (χ1n) is 8.42. The third kappa shape index (κ3) is 4.90. The van der Waals surface area contributed by atoms with Crippen LogP contribution in [0.4, 0.5) is 0 Å². The molecule has 2 aromatic carbocycles. The van der Waals surface area contributed by atoms with Crippen LogP contribution in [0.25, 0.3) is 0 Å². The molecule has 0 aliphatic carbocycles. The Morgan fingerprint density at radius 3 is 2.60 bits per heavy atom. The summed E-state index contributed by atoms with van der Waals surface area (Å²) < 4.78 is 11.0. The van der Waals surface area contributed by atoms with Crippen LogP contribution in [0.15, 0.2) is 41.4 Å². The molecule has 4 heteroatoms. The Morgan fingerprint density at radius 2 is 1.92 bits per heavy atom. The maximum atomic E-state index is 5.89. The van der Waals surface area contributed by atoms with Crippen LogP contribution in [-0.4, -0.2) is 27.2 Å². The number of para-hydroxylation sites is 1. The summed E-state index contributed by atoms with van der Waals surface area (Å²) in [5.74, 6) is 0.930. The Bertz CT molecular complexity index is 754. The van der Waals surface area contributed by atoms with Gasteiger partial charge < -0.3 is 9.47 Å². The highest BCUT2D eigenvalue weighted by Crippen LogP contribution is 2.45. The minimum Gasteiger partial charge on any atom is -0.467 e. The van der Waals surface area contributed by atoms with E-state index in [-0.39, 0.29) is 11.9 Å². The molecule has 3 nitrogen and oxygen atoms in total. The first-order chi connectivity index (χ1) is 11.9. The first-order valence-corrected chi connectivity index (χ1v) is 9.42. The number of ether oxygens (including phenoxy) is 2. The van der Waals surface area contributed by atoms with Crippen molar-refractivity contribution in [2.75, 3.05) is 21.0 Å². The van der Waals surface area contributed by atoms with Crippen molar-refractivity contribution in [1.82, 2.24) is 0 Å². The third-order valence-electron chi connectivity index (χ3n) is 4.13. The Balaban J connectivity index is 2.42. The van der Waals surface area contributed by atoms with Crippen molar-refractivity contribution < 1.29 is 9.47 Å². The van der Waals surface area contributed by atoms with Crippen molar-refractivity contribution in [1.29, 1.82) is 0 Å². The van der Waals surface area contributed by atoms with Gasteiger partial charge in [-0.2, -0.15) is 0 Å². The van der Waals surface area contributed by atoms with E-state index in [0.717, 1.165) is 11.3 Å². The van der Waals surface area contributed by atoms with Crippen molar-refractivity contribution in [3.8, 4) is 5.75 Å². The van der Waals surface area contributed by atoms with Crippen LogP contribution in [0.2, 0.25) is 0 Å². The van der Waals surface area contributed by atoms with Gasteiger partial charge in [-0.1, -0.05) is 58.3 Å². The normalized spacial score (nSPS) is 12.4. The summed E-state index contributed by atoms with van der Waals surface area (Å²) >= 11 is 0. The predicted molar refractivity (Wildman–Crippen MR) is 109 cm³/mol. The Kier molecular flexibility index (Phi) is 6.75. The molecule has 0 N–H and O–H groups in total. The second-order valence-corrected chi connectivity index (χ2v) is 8.77. The molecule has 2 aromatic rings. The number of hydrogen-bond donors (Lipinski definition) is 0. The van der Waals surface area contributed by atoms with E-state index in [0.29, 0.717) is 8.58 Å². The van der Waals surface area contributed by atoms with Crippen LogP contribution in [-0.2, 0) is 9.89 Å². The molecule has 1 unspecified atom stereocenters. The molecule has 2 rings (SSSR count). The number of aliphatic imine (C=N–C) groups is 1. The van der Waals surface area contributed by atoms with Gasteiger partial charge in [0.1, 0.15) is 5.75 Å². The van der Waals surface area contributed by atoms with E-state index in [1.165, 1.54) is 22.0 Å². The standard InChI is InChI=1S/C21H28NO2P/c1-15-10-11-19(17(12-15)13-22-5)25-21(3,4)18-9-7-8-16(2)20(18)24-14-23-6/h7-13,25H,14H2,1-6H3/b22-13+. The summed E-state index contributed by atoms with van der Waals surface area (Å²) in [5, 5.41) is 1.26. The Labute approximate surface area is 153 Å². The topological polar surface area (TPSA) is 30.8 Å². The number of rotatable bonds is 7. The maximum Gasteiger partial charge on any atom is 0.188 e. The smallest absolute Gasteiger partial charge is 0.188 e. The van der Waals surface area contributed by atoms with Gasteiger partial charge in [0.05, 0.1) is 0 Å². The van der Waals surface area contributed by atoms with Crippen molar-refractivity contribution in [2.24, 2.45) is 4.99 Å². The molecule has 134 valence electrons. The molecule has 0 saturated carbocycles. The van der Waals surface area contributed by atoms with Gasteiger partial charge in [0, 0.05) is 31.1 Å². The first kappa shape index (κ1) is 19.6. The molecule has 0 bridgehead atoms. The quantitative estimate of drug-likeness (QED) is 0.413. The van der Waals surface area contributed by atoms with Crippen molar-refractivity contribution in [3.63, 3.8) is 0 Å². The van der Waals surface area contributed by atoms with Gasteiger partial charge in [-0.15, -0.1) is 0 Å². The molecule has 0 heterocycles. The van der Waals surface area contributed by atoms with E-state index in [1.54, 1.807) is 7.11 Å². The van der Waals surface area contributed by atoms with E-state index in [4.69, 9.17) is 9.47 Å². The minimum absolute atomic E-state index is 0.0549. The lowest BCUT2D eigenvalue weighted by Crippen LogP contribution is -2.19. The second-order valence-electron chi connectivity index (χ2n) is 6.73. The number of aryl methyl sites for hydroxylation is 2. The lowest BCUT2D eigenvalue weighted by Gasteiger charge is -2.29. The van der Waals surface area contributed by atoms with Crippen LogP contribution in [0.3, 0.4) is 0 Å².